The zero-order chi connectivity index (χ0) is 10.1. The van der Waals surface area contributed by atoms with Gasteiger partial charge < -0.3 is 0 Å². The Morgan fingerprint density at radius 1 is 1.36 bits per heavy atom. The number of aliphatic imine (C=N–C) groups is 1. The van der Waals surface area contributed by atoms with E-state index >= 15 is 0 Å². The van der Waals surface area contributed by atoms with Crippen LogP contribution >= 0.6 is 11.8 Å². The number of rotatable bonds is 1. The van der Waals surface area contributed by atoms with E-state index in [0.717, 1.165) is 10.9 Å². The highest BCUT2D eigenvalue weighted by Crippen LogP contribution is 2.32. The van der Waals surface area contributed by atoms with Crippen molar-refractivity contribution in [2.45, 2.75) is 37.0 Å². The summed E-state index contributed by atoms with van der Waals surface area (Å²) in [7, 11) is 0. The van der Waals surface area contributed by atoms with Gasteiger partial charge in [0.1, 0.15) is 5.03 Å². The molecule has 14 heavy (non-hydrogen) atoms. The second-order valence-corrected chi connectivity index (χ2v) is 4.92. The molecule has 4 nitrogen and oxygen atoms in total. The van der Waals surface area contributed by atoms with Crippen LogP contribution in [-0.2, 0) is 0 Å². The molecule has 0 fully saturated rings. The highest BCUT2D eigenvalue weighted by atomic mass is 32.2. The smallest absolute Gasteiger partial charge is 0.206 e. The Morgan fingerprint density at radius 3 is 2.86 bits per heavy atom. The van der Waals surface area contributed by atoms with Gasteiger partial charge >= 0.3 is 0 Å². The van der Waals surface area contributed by atoms with Crippen molar-refractivity contribution >= 4 is 23.8 Å². The molecule has 1 aliphatic rings. The van der Waals surface area contributed by atoms with Crippen LogP contribution in [0.1, 0.15) is 32.5 Å². The second kappa shape index (κ2) is 3.65. The minimum atomic E-state index is 0.314. The Labute approximate surface area is 87.3 Å². The van der Waals surface area contributed by atoms with Crippen LogP contribution in [-0.4, -0.2) is 26.6 Å². The van der Waals surface area contributed by atoms with E-state index in [1.165, 1.54) is 0 Å². The number of hydrogen-bond acceptors (Lipinski definition) is 5. The number of fused-ring (bicyclic) bond motifs is 1. The lowest BCUT2D eigenvalue weighted by molar-refractivity contribution is 0.711. The molecule has 1 atom stereocenters. The normalized spacial score (nSPS) is 19.9. The number of nitrogens with zero attached hydrogens (tertiary/aromatic N) is 4. The summed E-state index contributed by atoms with van der Waals surface area (Å²) in [4.78, 5) is 8.63. The Balaban J connectivity index is 2.40. The van der Waals surface area contributed by atoms with Gasteiger partial charge in [-0.1, -0.05) is 25.6 Å². The van der Waals surface area contributed by atoms with E-state index in [1.54, 1.807) is 11.8 Å². The lowest BCUT2D eigenvalue weighted by Crippen LogP contribution is -2.08. The van der Waals surface area contributed by atoms with E-state index in [4.69, 9.17) is 0 Å². The Bertz CT molecular complexity index is 375. The minimum Gasteiger partial charge on any atom is -0.236 e. The number of thioether (sulfide) groups is 1. The molecule has 0 saturated heterocycles. The van der Waals surface area contributed by atoms with Gasteiger partial charge in [0.15, 0.2) is 5.82 Å². The van der Waals surface area contributed by atoms with Crippen LogP contribution in [0.15, 0.2) is 10.0 Å². The van der Waals surface area contributed by atoms with E-state index in [-0.39, 0.29) is 0 Å². The first-order chi connectivity index (χ1) is 6.66. The molecule has 0 bridgehead atoms. The molecule has 1 aromatic rings. The van der Waals surface area contributed by atoms with Gasteiger partial charge in [-0.2, -0.15) is 0 Å². The quantitative estimate of drug-likeness (QED) is 0.710. The zero-order valence-electron chi connectivity index (χ0n) is 8.43. The lowest BCUT2D eigenvalue weighted by Gasteiger charge is -2.13. The molecule has 2 rings (SSSR count). The van der Waals surface area contributed by atoms with Crippen molar-refractivity contribution in [3.05, 3.63) is 5.82 Å². The maximum atomic E-state index is 4.44. The number of aromatic nitrogens is 3. The Hall–Kier alpha value is -0.970. The van der Waals surface area contributed by atoms with Crippen LogP contribution in [0.4, 0.5) is 5.82 Å². The predicted molar refractivity (Wildman–Crippen MR) is 57.4 cm³/mol. The largest absolute Gasteiger partial charge is 0.236 e. The van der Waals surface area contributed by atoms with Gasteiger partial charge in [0, 0.05) is 17.4 Å². The lowest BCUT2D eigenvalue weighted by atomic mass is 10.2. The Kier molecular flexibility index (Phi) is 2.50. The van der Waals surface area contributed by atoms with E-state index in [9.17, 15) is 0 Å². The van der Waals surface area contributed by atoms with Crippen LogP contribution in [0.25, 0.3) is 0 Å². The summed E-state index contributed by atoms with van der Waals surface area (Å²) in [5, 5.41) is 9.35. The fourth-order valence-electron chi connectivity index (χ4n) is 1.10. The molecule has 0 N–H and O–H groups in total. The van der Waals surface area contributed by atoms with Crippen molar-refractivity contribution < 1.29 is 0 Å². The number of hydrogen-bond donors (Lipinski definition) is 0. The highest BCUT2D eigenvalue weighted by Gasteiger charge is 2.16. The summed E-state index contributed by atoms with van der Waals surface area (Å²) in [6.45, 7) is 6.21. The van der Waals surface area contributed by atoms with Gasteiger partial charge in [-0.25, -0.2) is 9.98 Å². The molecule has 5 heteroatoms. The summed E-state index contributed by atoms with van der Waals surface area (Å²) in [6, 6.07) is 0. The molecule has 0 amide bonds. The monoisotopic (exact) mass is 208 g/mol. The van der Waals surface area contributed by atoms with Gasteiger partial charge in [-0.3, -0.25) is 0 Å². The molecule has 1 unspecified atom stereocenters. The fourth-order valence-corrected chi connectivity index (χ4v) is 1.92. The van der Waals surface area contributed by atoms with E-state index in [1.807, 2.05) is 6.21 Å². The van der Waals surface area contributed by atoms with Crippen molar-refractivity contribution in [1.29, 1.82) is 0 Å². The molecular weight excluding hydrogens is 196 g/mol. The third-order valence-corrected chi connectivity index (χ3v) is 2.87. The molecule has 0 aliphatic carbocycles. The van der Waals surface area contributed by atoms with Crippen molar-refractivity contribution in [3.63, 3.8) is 0 Å². The summed E-state index contributed by atoms with van der Waals surface area (Å²) in [6.07, 6.45) is 1.87. The fraction of sp³-hybridized carbons (Fsp3) is 0.556. The van der Waals surface area contributed by atoms with Gasteiger partial charge in [0.05, 0.1) is 0 Å². The molecule has 1 aromatic heterocycles. The SMILES string of the molecule is CC1C=Nc2nnc(C(C)C)nc2S1. The molecule has 0 aromatic carbocycles. The molecule has 0 spiro atoms. The van der Waals surface area contributed by atoms with Crippen molar-refractivity contribution in [1.82, 2.24) is 15.2 Å². The molecule has 2 heterocycles. The summed E-state index contributed by atoms with van der Waals surface area (Å²) in [5.41, 5.74) is 0. The molecule has 0 radical (unpaired) electrons. The second-order valence-electron chi connectivity index (χ2n) is 3.55. The van der Waals surface area contributed by atoms with Gasteiger partial charge in [0.2, 0.25) is 5.82 Å². The molecule has 0 saturated carbocycles. The first-order valence-electron chi connectivity index (χ1n) is 4.62. The third kappa shape index (κ3) is 1.77. The first kappa shape index (κ1) is 9.58. The summed E-state index contributed by atoms with van der Waals surface area (Å²) < 4.78 is 0. The minimum absolute atomic E-state index is 0.314. The average molecular weight is 208 g/mol. The maximum absolute atomic E-state index is 4.44. The van der Waals surface area contributed by atoms with Gasteiger partial charge in [-0.15, -0.1) is 10.2 Å². The van der Waals surface area contributed by atoms with Crippen LogP contribution in [0.5, 0.6) is 0 Å². The van der Waals surface area contributed by atoms with E-state index < -0.39 is 0 Å². The summed E-state index contributed by atoms with van der Waals surface area (Å²) >= 11 is 1.68. The maximum Gasteiger partial charge on any atom is 0.206 e. The standard InChI is InChI=1S/C9H12N4S/c1-5(2)7-11-9-8(13-12-7)10-4-6(3)14-9/h4-6H,1-3H3. The third-order valence-electron chi connectivity index (χ3n) is 1.88. The first-order valence-corrected chi connectivity index (χ1v) is 5.50. The average Bonchev–Trinajstić information content (AvgIpc) is 2.16. The van der Waals surface area contributed by atoms with Crippen LogP contribution in [0.3, 0.4) is 0 Å². The Morgan fingerprint density at radius 2 is 2.14 bits per heavy atom. The van der Waals surface area contributed by atoms with Crippen LogP contribution in [0, 0.1) is 0 Å². The topological polar surface area (TPSA) is 51.0 Å². The molecule has 1 aliphatic heterocycles. The summed E-state index contributed by atoms with van der Waals surface area (Å²) in [5.74, 6) is 1.76. The van der Waals surface area contributed by atoms with Crippen LogP contribution < -0.4 is 0 Å². The van der Waals surface area contributed by atoms with Gasteiger partial charge in [-0.05, 0) is 6.92 Å². The van der Waals surface area contributed by atoms with Crippen molar-refractivity contribution in [2.75, 3.05) is 0 Å². The van der Waals surface area contributed by atoms with Crippen LogP contribution in [0.2, 0.25) is 0 Å². The van der Waals surface area contributed by atoms with Crippen molar-refractivity contribution in [2.24, 2.45) is 4.99 Å². The predicted octanol–water partition coefficient (Wildman–Crippen LogP) is 2.19. The van der Waals surface area contributed by atoms with E-state index in [2.05, 4.69) is 40.9 Å². The highest BCUT2D eigenvalue weighted by molar-refractivity contribution is 8.00. The van der Waals surface area contributed by atoms with Crippen molar-refractivity contribution in [3.8, 4) is 0 Å². The molecular formula is C9H12N4S. The molecule has 74 valence electrons. The van der Waals surface area contributed by atoms with Gasteiger partial charge in [0.25, 0.3) is 0 Å². The zero-order valence-corrected chi connectivity index (χ0v) is 9.25. The van der Waals surface area contributed by atoms with E-state index in [0.29, 0.717) is 17.0 Å².